The van der Waals surface area contributed by atoms with Crippen LogP contribution < -0.4 is 5.32 Å². The van der Waals surface area contributed by atoms with Gasteiger partial charge in [-0.2, -0.15) is 13.2 Å². The first-order valence-corrected chi connectivity index (χ1v) is 8.74. The summed E-state index contributed by atoms with van der Waals surface area (Å²) < 4.78 is 40.6. The average Bonchev–Trinajstić information content (AvgIpc) is 3.01. The minimum Gasteiger partial charge on any atom is -0.325 e. The summed E-state index contributed by atoms with van der Waals surface area (Å²) in [6, 6.07) is 10.2. The molecule has 2 heterocycles. The molecule has 6 nitrogen and oxygen atoms in total. The van der Waals surface area contributed by atoms with Crippen molar-refractivity contribution >= 4 is 23.4 Å². The monoisotopic (exact) mass is 393 g/mol. The van der Waals surface area contributed by atoms with Crippen LogP contribution in [-0.2, 0) is 18.0 Å². The summed E-state index contributed by atoms with van der Waals surface area (Å²) >= 11 is 1.07. The van der Waals surface area contributed by atoms with E-state index in [1.54, 1.807) is 29.9 Å². The summed E-state index contributed by atoms with van der Waals surface area (Å²) in [7, 11) is 1.73. The van der Waals surface area contributed by atoms with Gasteiger partial charge in [0.15, 0.2) is 11.0 Å². The molecule has 0 saturated heterocycles. The van der Waals surface area contributed by atoms with Gasteiger partial charge in [0.25, 0.3) is 0 Å². The Morgan fingerprint density at radius 2 is 1.89 bits per heavy atom. The van der Waals surface area contributed by atoms with Crippen LogP contribution in [0.25, 0.3) is 11.5 Å². The summed E-state index contributed by atoms with van der Waals surface area (Å²) in [5.41, 5.74) is -0.537. The molecule has 3 aromatic rings. The number of thioether (sulfide) groups is 1. The molecule has 140 valence electrons. The lowest BCUT2D eigenvalue weighted by molar-refractivity contribution is -0.137. The molecule has 0 radical (unpaired) electrons. The Morgan fingerprint density at radius 1 is 1.15 bits per heavy atom. The highest BCUT2D eigenvalue weighted by Gasteiger charge is 2.33. The van der Waals surface area contributed by atoms with Crippen molar-refractivity contribution in [2.75, 3.05) is 11.1 Å². The van der Waals surface area contributed by atoms with Gasteiger partial charge in [-0.1, -0.05) is 30.0 Å². The standard InChI is InChI=1S/C17H14F3N5OS/c1-25-15(13-8-4-5-9-21-13)23-24-16(25)27-10-14(26)22-12-7-3-2-6-11(12)17(18,19)20/h2-9H,10H2,1H3,(H,22,26). The van der Waals surface area contributed by atoms with E-state index in [2.05, 4.69) is 20.5 Å². The third-order valence-corrected chi connectivity index (χ3v) is 4.59. The molecule has 0 fully saturated rings. The predicted octanol–water partition coefficient (Wildman–Crippen LogP) is 3.63. The van der Waals surface area contributed by atoms with Crippen LogP contribution >= 0.6 is 11.8 Å². The lowest BCUT2D eigenvalue weighted by Gasteiger charge is -2.13. The van der Waals surface area contributed by atoms with Gasteiger partial charge in [0.05, 0.1) is 17.0 Å². The molecule has 0 bridgehead atoms. The van der Waals surface area contributed by atoms with Gasteiger partial charge in [-0.25, -0.2) is 0 Å². The summed E-state index contributed by atoms with van der Waals surface area (Å²) in [6.45, 7) is 0. The number of anilines is 1. The van der Waals surface area contributed by atoms with Gasteiger partial charge in [-0.3, -0.25) is 9.78 Å². The molecule has 0 aliphatic rings. The minimum absolute atomic E-state index is 0.111. The van der Waals surface area contributed by atoms with E-state index in [4.69, 9.17) is 0 Å². The van der Waals surface area contributed by atoms with E-state index in [1.807, 2.05) is 6.07 Å². The van der Waals surface area contributed by atoms with Crippen molar-refractivity contribution < 1.29 is 18.0 Å². The van der Waals surface area contributed by atoms with Crippen molar-refractivity contribution in [2.45, 2.75) is 11.3 Å². The molecular formula is C17H14F3N5OS. The Kier molecular flexibility index (Phi) is 5.45. The Morgan fingerprint density at radius 3 is 2.59 bits per heavy atom. The number of halogens is 3. The first kappa shape index (κ1) is 18.9. The van der Waals surface area contributed by atoms with E-state index in [1.165, 1.54) is 18.2 Å². The van der Waals surface area contributed by atoms with E-state index in [0.29, 0.717) is 16.7 Å². The van der Waals surface area contributed by atoms with E-state index < -0.39 is 17.6 Å². The van der Waals surface area contributed by atoms with Crippen LogP contribution in [0.1, 0.15) is 5.56 Å². The number of aromatic nitrogens is 4. The van der Waals surface area contributed by atoms with Crippen molar-refractivity contribution in [2.24, 2.45) is 7.05 Å². The Labute approximate surface area is 156 Å². The van der Waals surface area contributed by atoms with Gasteiger partial charge in [-0.05, 0) is 24.3 Å². The minimum atomic E-state index is -4.54. The molecule has 1 N–H and O–H groups in total. The van der Waals surface area contributed by atoms with E-state index in [0.717, 1.165) is 17.8 Å². The van der Waals surface area contributed by atoms with Crippen LogP contribution in [0.5, 0.6) is 0 Å². The number of nitrogens with one attached hydrogen (secondary N) is 1. The molecule has 0 aliphatic heterocycles. The molecule has 0 saturated carbocycles. The molecule has 10 heteroatoms. The maximum Gasteiger partial charge on any atom is 0.418 e. The highest BCUT2D eigenvalue weighted by atomic mass is 32.2. The largest absolute Gasteiger partial charge is 0.418 e. The second kappa shape index (κ2) is 7.78. The third kappa shape index (κ3) is 4.45. The number of carbonyl (C=O) groups excluding carboxylic acids is 1. The van der Waals surface area contributed by atoms with Crippen molar-refractivity contribution in [3.05, 3.63) is 54.2 Å². The van der Waals surface area contributed by atoms with Gasteiger partial charge in [0.1, 0.15) is 5.69 Å². The fourth-order valence-corrected chi connectivity index (χ4v) is 3.03. The number of hydrogen-bond donors (Lipinski definition) is 1. The molecule has 0 atom stereocenters. The molecule has 1 amide bonds. The molecule has 1 aromatic carbocycles. The number of nitrogens with zero attached hydrogens (tertiary/aromatic N) is 4. The molecular weight excluding hydrogens is 379 g/mol. The molecule has 2 aromatic heterocycles. The number of para-hydroxylation sites is 1. The molecule has 27 heavy (non-hydrogen) atoms. The maximum atomic E-state index is 13.0. The van der Waals surface area contributed by atoms with Gasteiger partial charge in [0, 0.05) is 13.2 Å². The van der Waals surface area contributed by atoms with Crippen molar-refractivity contribution in [3.8, 4) is 11.5 Å². The maximum absolute atomic E-state index is 13.0. The summed E-state index contributed by atoms with van der Waals surface area (Å²) in [5.74, 6) is -0.152. The summed E-state index contributed by atoms with van der Waals surface area (Å²) in [4.78, 5) is 16.3. The smallest absolute Gasteiger partial charge is 0.325 e. The normalized spacial score (nSPS) is 11.4. The number of amides is 1. The number of alkyl halides is 3. The number of pyridine rings is 1. The summed E-state index contributed by atoms with van der Waals surface area (Å²) in [6.07, 6.45) is -2.92. The topological polar surface area (TPSA) is 72.7 Å². The zero-order chi connectivity index (χ0) is 19.4. The third-order valence-electron chi connectivity index (χ3n) is 3.57. The Hall–Kier alpha value is -2.88. The fourth-order valence-electron chi connectivity index (χ4n) is 2.31. The first-order valence-electron chi connectivity index (χ1n) is 7.76. The van der Waals surface area contributed by atoms with Crippen LogP contribution in [0.15, 0.2) is 53.8 Å². The lowest BCUT2D eigenvalue weighted by atomic mass is 10.1. The average molecular weight is 393 g/mol. The van der Waals surface area contributed by atoms with E-state index >= 15 is 0 Å². The highest BCUT2D eigenvalue weighted by molar-refractivity contribution is 7.99. The van der Waals surface area contributed by atoms with Crippen molar-refractivity contribution in [1.82, 2.24) is 19.7 Å². The second-order valence-corrected chi connectivity index (χ2v) is 6.40. The molecule has 0 aliphatic carbocycles. The fraction of sp³-hybridized carbons (Fsp3) is 0.176. The number of hydrogen-bond acceptors (Lipinski definition) is 5. The lowest BCUT2D eigenvalue weighted by Crippen LogP contribution is -2.18. The van der Waals surface area contributed by atoms with Gasteiger partial charge in [0.2, 0.25) is 5.91 Å². The number of benzene rings is 1. The molecule has 3 rings (SSSR count). The first-order chi connectivity index (χ1) is 12.9. The zero-order valence-corrected chi connectivity index (χ0v) is 14.9. The molecule has 0 spiro atoms. The Bertz CT molecular complexity index is 943. The van der Waals surface area contributed by atoms with Gasteiger partial charge >= 0.3 is 6.18 Å². The highest BCUT2D eigenvalue weighted by Crippen LogP contribution is 2.34. The van der Waals surface area contributed by atoms with Crippen LogP contribution in [0.2, 0.25) is 0 Å². The second-order valence-electron chi connectivity index (χ2n) is 5.46. The van der Waals surface area contributed by atoms with E-state index in [-0.39, 0.29) is 11.4 Å². The number of rotatable bonds is 5. The van der Waals surface area contributed by atoms with Crippen LogP contribution in [0.4, 0.5) is 18.9 Å². The molecule has 0 unspecified atom stereocenters. The van der Waals surface area contributed by atoms with Crippen LogP contribution in [0, 0.1) is 0 Å². The van der Waals surface area contributed by atoms with Crippen LogP contribution in [-0.4, -0.2) is 31.4 Å². The van der Waals surface area contributed by atoms with Crippen LogP contribution in [0.3, 0.4) is 0 Å². The predicted molar refractivity (Wildman–Crippen MR) is 95.0 cm³/mol. The SMILES string of the molecule is Cn1c(SCC(=O)Nc2ccccc2C(F)(F)F)nnc1-c1ccccn1. The van der Waals surface area contributed by atoms with Crippen molar-refractivity contribution in [3.63, 3.8) is 0 Å². The Balaban J connectivity index is 1.67. The summed E-state index contributed by atoms with van der Waals surface area (Å²) in [5, 5.41) is 10.8. The van der Waals surface area contributed by atoms with Gasteiger partial charge in [-0.15, -0.1) is 10.2 Å². The van der Waals surface area contributed by atoms with Gasteiger partial charge < -0.3 is 9.88 Å². The van der Waals surface area contributed by atoms with Crippen molar-refractivity contribution in [1.29, 1.82) is 0 Å². The van der Waals surface area contributed by atoms with E-state index in [9.17, 15) is 18.0 Å². The number of carbonyl (C=O) groups is 1. The zero-order valence-electron chi connectivity index (χ0n) is 14.1. The quantitative estimate of drug-likeness (QED) is 0.671.